The third-order valence-corrected chi connectivity index (χ3v) is 3.32. The van der Waals surface area contributed by atoms with Crippen molar-refractivity contribution in [3.63, 3.8) is 0 Å². The topological polar surface area (TPSA) is 41.5 Å². The third kappa shape index (κ3) is 2.36. The molecule has 1 aromatic carbocycles. The number of phenols is 1. The van der Waals surface area contributed by atoms with E-state index >= 15 is 0 Å². The molecule has 0 saturated heterocycles. The predicted molar refractivity (Wildman–Crippen MR) is 63.5 cm³/mol. The molecule has 0 amide bonds. The molecule has 3 heteroatoms. The minimum absolute atomic E-state index is 0.184. The fraction of sp³-hybridized carbons (Fsp3) is 0.538. The molecular weight excluding hydrogens is 202 g/mol. The summed E-state index contributed by atoms with van der Waals surface area (Å²) in [4.78, 5) is 0. The Labute approximate surface area is 96.4 Å². The van der Waals surface area contributed by atoms with Gasteiger partial charge in [0.1, 0.15) is 5.75 Å². The van der Waals surface area contributed by atoms with Gasteiger partial charge in [0.25, 0.3) is 0 Å². The van der Waals surface area contributed by atoms with E-state index in [0.717, 1.165) is 18.4 Å². The normalized spacial score (nSPS) is 26.1. The monoisotopic (exact) mass is 221 g/mol. The maximum absolute atomic E-state index is 9.72. The highest BCUT2D eigenvalue weighted by molar-refractivity contribution is 5.34. The Balaban J connectivity index is 1.89. The van der Waals surface area contributed by atoms with E-state index in [9.17, 15) is 5.11 Å². The van der Waals surface area contributed by atoms with Crippen molar-refractivity contribution in [2.24, 2.45) is 0 Å². The van der Waals surface area contributed by atoms with Gasteiger partial charge in [-0.2, -0.15) is 0 Å². The van der Waals surface area contributed by atoms with E-state index in [1.807, 2.05) is 18.2 Å². The number of benzene rings is 1. The molecule has 1 aliphatic carbocycles. The minimum Gasteiger partial charge on any atom is -0.508 e. The largest absolute Gasteiger partial charge is 0.508 e. The molecule has 0 radical (unpaired) electrons. The number of methoxy groups -OCH3 is 1. The second kappa shape index (κ2) is 4.85. The molecule has 88 valence electrons. The predicted octanol–water partition coefficient (Wildman–Crippen LogP) is 2.22. The van der Waals surface area contributed by atoms with Crippen LogP contribution < -0.4 is 5.32 Å². The van der Waals surface area contributed by atoms with E-state index < -0.39 is 0 Å². The van der Waals surface area contributed by atoms with Crippen LogP contribution in [0.25, 0.3) is 0 Å². The molecule has 0 aromatic heterocycles. The zero-order valence-corrected chi connectivity index (χ0v) is 9.81. The molecule has 2 N–H and O–H groups in total. The Morgan fingerprint density at radius 3 is 2.69 bits per heavy atom. The molecule has 1 unspecified atom stereocenters. The van der Waals surface area contributed by atoms with E-state index in [1.54, 1.807) is 13.2 Å². The lowest BCUT2D eigenvalue weighted by atomic mass is 9.88. The van der Waals surface area contributed by atoms with Crippen LogP contribution in [0.1, 0.15) is 31.4 Å². The van der Waals surface area contributed by atoms with Crippen molar-refractivity contribution in [3.8, 4) is 5.75 Å². The first-order valence-corrected chi connectivity index (χ1v) is 5.77. The van der Waals surface area contributed by atoms with Crippen LogP contribution in [0.4, 0.5) is 0 Å². The van der Waals surface area contributed by atoms with Gasteiger partial charge in [0.15, 0.2) is 0 Å². The first-order valence-electron chi connectivity index (χ1n) is 5.77. The number of phenolic OH excluding ortho intramolecular Hbond substituents is 1. The number of rotatable bonds is 4. The molecule has 0 bridgehead atoms. The average Bonchev–Trinajstić information content (AvgIpc) is 2.23. The van der Waals surface area contributed by atoms with E-state index in [1.165, 1.54) is 0 Å². The third-order valence-electron chi connectivity index (χ3n) is 3.32. The Bertz CT molecular complexity index is 348. The van der Waals surface area contributed by atoms with Gasteiger partial charge in [0.05, 0.1) is 6.10 Å². The molecule has 1 aliphatic rings. The highest BCUT2D eigenvalue weighted by atomic mass is 16.5. The molecule has 0 heterocycles. The van der Waals surface area contributed by atoms with Crippen LogP contribution in [0.3, 0.4) is 0 Å². The van der Waals surface area contributed by atoms with E-state index in [4.69, 9.17) is 4.74 Å². The quantitative estimate of drug-likeness (QED) is 0.819. The lowest BCUT2D eigenvalue weighted by Crippen LogP contribution is -2.45. The van der Waals surface area contributed by atoms with Gasteiger partial charge in [-0.15, -0.1) is 0 Å². The highest BCUT2D eigenvalue weighted by Gasteiger charge is 2.30. The minimum atomic E-state index is 0.184. The summed E-state index contributed by atoms with van der Waals surface area (Å²) in [6.07, 6.45) is 2.54. The number of nitrogens with one attached hydrogen (secondary N) is 1. The summed E-state index contributed by atoms with van der Waals surface area (Å²) in [6.45, 7) is 2.08. The maximum Gasteiger partial charge on any atom is 0.120 e. The van der Waals surface area contributed by atoms with Crippen molar-refractivity contribution >= 4 is 0 Å². The summed E-state index contributed by atoms with van der Waals surface area (Å²) in [6, 6.07) is 8.18. The number of aromatic hydroxyl groups is 1. The molecule has 2 rings (SSSR count). The maximum atomic E-state index is 9.72. The van der Waals surface area contributed by atoms with Crippen molar-refractivity contribution < 1.29 is 9.84 Å². The molecule has 1 atom stereocenters. The number of hydrogen-bond acceptors (Lipinski definition) is 3. The van der Waals surface area contributed by atoms with Crippen LogP contribution >= 0.6 is 0 Å². The van der Waals surface area contributed by atoms with Gasteiger partial charge < -0.3 is 15.2 Å². The van der Waals surface area contributed by atoms with E-state index in [2.05, 4.69) is 12.2 Å². The molecule has 1 aromatic rings. The fourth-order valence-corrected chi connectivity index (χ4v) is 2.19. The summed E-state index contributed by atoms with van der Waals surface area (Å²) < 4.78 is 5.24. The van der Waals surface area contributed by atoms with Gasteiger partial charge in [0.2, 0.25) is 0 Å². The van der Waals surface area contributed by atoms with Crippen molar-refractivity contribution in [2.75, 3.05) is 7.11 Å². The van der Waals surface area contributed by atoms with Crippen molar-refractivity contribution in [1.82, 2.24) is 5.32 Å². The first kappa shape index (κ1) is 11.4. The Morgan fingerprint density at radius 2 is 2.06 bits per heavy atom. The SMILES string of the molecule is COC1CC(NC(C)c2ccccc2O)C1. The van der Waals surface area contributed by atoms with Crippen LogP contribution in [0.2, 0.25) is 0 Å². The van der Waals surface area contributed by atoms with Crippen LogP contribution in [0, 0.1) is 0 Å². The van der Waals surface area contributed by atoms with Crippen molar-refractivity contribution in [1.29, 1.82) is 0 Å². The summed E-state index contributed by atoms with van der Waals surface area (Å²) in [7, 11) is 1.76. The molecule has 1 fully saturated rings. The Morgan fingerprint density at radius 1 is 1.38 bits per heavy atom. The van der Waals surface area contributed by atoms with Crippen LogP contribution in [-0.4, -0.2) is 24.4 Å². The molecule has 1 saturated carbocycles. The molecular formula is C13H19NO2. The molecule has 0 spiro atoms. The first-order chi connectivity index (χ1) is 7.70. The number of ether oxygens (including phenoxy) is 1. The molecule has 0 aliphatic heterocycles. The Kier molecular flexibility index (Phi) is 3.46. The van der Waals surface area contributed by atoms with E-state index in [-0.39, 0.29) is 6.04 Å². The van der Waals surface area contributed by atoms with Gasteiger partial charge in [-0.05, 0) is 25.8 Å². The van der Waals surface area contributed by atoms with Gasteiger partial charge in [-0.3, -0.25) is 0 Å². The molecule has 3 nitrogen and oxygen atoms in total. The number of para-hydroxylation sites is 1. The van der Waals surface area contributed by atoms with Gasteiger partial charge in [-0.1, -0.05) is 18.2 Å². The van der Waals surface area contributed by atoms with Gasteiger partial charge >= 0.3 is 0 Å². The van der Waals surface area contributed by atoms with E-state index in [0.29, 0.717) is 17.9 Å². The fourth-order valence-electron chi connectivity index (χ4n) is 2.19. The average molecular weight is 221 g/mol. The smallest absolute Gasteiger partial charge is 0.120 e. The molecule has 16 heavy (non-hydrogen) atoms. The second-order valence-electron chi connectivity index (χ2n) is 4.47. The van der Waals surface area contributed by atoms with Gasteiger partial charge in [-0.25, -0.2) is 0 Å². The second-order valence-corrected chi connectivity index (χ2v) is 4.47. The van der Waals surface area contributed by atoms with Crippen LogP contribution in [0.15, 0.2) is 24.3 Å². The summed E-state index contributed by atoms with van der Waals surface area (Å²) in [5, 5.41) is 13.2. The number of hydrogen-bond donors (Lipinski definition) is 2. The standard InChI is InChI=1S/C13H19NO2/c1-9(12-5-3-4-6-13(12)15)14-10-7-11(8-10)16-2/h3-6,9-11,14-15H,7-8H2,1-2H3. The Hall–Kier alpha value is -1.06. The lowest BCUT2D eigenvalue weighted by molar-refractivity contribution is 0.0147. The van der Waals surface area contributed by atoms with Crippen LogP contribution in [0.5, 0.6) is 5.75 Å². The highest BCUT2D eigenvalue weighted by Crippen LogP contribution is 2.28. The van der Waals surface area contributed by atoms with Crippen molar-refractivity contribution in [2.45, 2.75) is 38.0 Å². The van der Waals surface area contributed by atoms with Crippen LogP contribution in [-0.2, 0) is 4.74 Å². The zero-order chi connectivity index (χ0) is 11.5. The summed E-state index contributed by atoms with van der Waals surface area (Å²) in [5.41, 5.74) is 0.961. The van der Waals surface area contributed by atoms with Crippen molar-refractivity contribution in [3.05, 3.63) is 29.8 Å². The zero-order valence-electron chi connectivity index (χ0n) is 9.81. The summed E-state index contributed by atoms with van der Waals surface area (Å²) >= 11 is 0. The van der Waals surface area contributed by atoms with Gasteiger partial charge in [0, 0.05) is 24.8 Å². The lowest BCUT2D eigenvalue weighted by Gasteiger charge is -2.36. The summed E-state index contributed by atoms with van der Waals surface area (Å²) in [5.74, 6) is 0.366.